The number of pyridine rings is 1. The van der Waals surface area contributed by atoms with Gasteiger partial charge in [-0.1, -0.05) is 29.8 Å². The van der Waals surface area contributed by atoms with E-state index in [9.17, 15) is 4.79 Å². The highest BCUT2D eigenvalue weighted by molar-refractivity contribution is 6.32. The number of aromatic nitrogens is 3. The molecule has 2 aromatic heterocycles. The zero-order valence-corrected chi connectivity index (χ0v) is 14.5. The SMILES string of the molecule is CN(C)c1cc(CNc2cnn(C)c(=O)c2Cl)c2ccccc2n1. The third kappa shape index (κ3) is 3.05. The number of anilines is 2. The van der Waals surface area contributed by atoms with Gasteiger partial charge < -0.3 is 10.2 Å². The minimum absolute atomic E-state index is 0.138. The summed E-state index contributed by atoms with van der Waals surface area (Å²) in [7, 11) is 5.48. The van der Waals surface area contributed by atoms with E-state index in [2.05, 4.69) is 15.4 Å². The van der Waals surface area contributed by atoms with Crippen molar-refractivity contribution in [3.63, 3.8) is 0 Å². The van der Waals surface area contributed by atoms with E-state index < -0.39 is 0 Å². The quantitative estimate of drug-likeness (QED) is 0.789. The summed E-state index contributed by atoms with van der Waals surface area (Å²) in [4.78, 5) is 18.5. The molecular weight excluding hydrogens is 326 g/mol. The maximum Gasteiger partial charge on any atom is 0.287 e. The van der Waals surface area contributed by atoms with Gasteiger partial charge in [0.15, 0.2) is 0 Å². The summed E-state index contributed by atoms with van der Waals surface area (Å²) >= 11 is 6.11. The minimum atomic E-state index is -0.324. The van der Waals surface area contributed by atoms with Gasteiger partial charge in [0.1, 0.15) is 10.8 Å². The molecule has 1 aromatic carbocycles. The number of nitrogens with zero attached hydrogens (tertiary/aromatic N) is 4. The van der Waals surface area contributed by atoms with E-state index in [1.54, 1.807) is 13.2 Å². The Labute approximate surface area is 144 Å². The first kappa shape index (κ1) is 16.3. The number of para-hydroxylation sites is 1. The second kappa shape index (κ2) is 6.49. The largest absolute Gasteiger partial charge is 0.378 e. The van der Waals surface area contributed by atoms with Crippen LogP contribution in [0.1, 0.15) is 5.56 Å². The number of aryl methyl sites for hydroxylation is 1. The smallest absolute Gasteiger partial charge is 0.287 e. The summed E-state index contributed by atoms with van der Waals surface area (Å²) in [6, 6.07) is 9.99. The lowest BCUT2D eigenvalue weighted by atomic mass is 10.1. The van der Waals surface area contributed by atoms with Crippen molar-refractivity contribution in [3.8, 4) is 0 Å². The van der Waals surface area contributed by atoms with Crippen molar-refractivity contribution < 1.29 is 0 Å². The molecule has 3 rings (SSSR count). The van der Waals surface area contributed by atoms with Crippen LogP contribution in [-0.2, 0) is 13.6 Å². The first-order valence-electron chi connectivity index (χ1n) is 7.49. The fourth-order valence-electron chi connectivity index (χ4n) is 2.43. The molecule has 0 saturated carbocycles. The van der Waals surface area contributed by atoms with Gasteiger partial charge in [0.2, 0.25) is 0 Å². The monoisotopic (exact) mass is 343 g/mol. The Morgan fingerprint density at radius 2 is 2.04 bits per heavy atom. The summed E-state index contributed by atoms with van der Waals surface area (Å²) in [5.74, 6) is 0.874. The van der Waals surface area contributed by atoms with Gasteiger partial charge in [-0.05, 0) is 17.7 Å². The van der Waals surface area contributed by atoms with Gasteiger partial charge in [0.05, 0.1) is 17.4 Å². The molecule has 0 bridgehead atoms. The molecule has 0 amide bonds. The van der Waals surface area contributed by atoms with E-state index in [0.717, 1.165) is 22.3 Å². The minimum Gasteiger partial charge on any atom is -0.378 e. The second-order valence-corrected chi connectivity index (χ2v) is 6.08. The number of hydrogen-bond donors (Lipinski definition) is 1. The average Bonchev–Trinajstić information content (AvgIpc) is 2.58. The lowest BCUT2D eigenvalue weighted by Crippen LogP contribution is -2.21. The number of benzene rings is 1. The van der Waals surface area contributed by atoms with Gasteiger partial charge in [-0.25, -0.2) is 9.67 Å². The van der Waals surface area contributed by atoms with Crippen LogP contribution >= 0.6 is 11.6 Å². The normalized spacial score (nSPS) is 10.8. The van der Waals surface area contributed by atoms with Crippen molar-refractivity contribution in [3.05, 3.63) is 57.5 Å². The maximum atomic E-state index is 11.9. The molecular formula is C17H18ClN5O. The number of fused-ring (bicyclic) bond motifs is 1. The molecule has 0 radical (unpaired) electrons. The van der Waals surface area contributed by atoms with Crippen LogP contribution < -0.4 is 15.8 Å². The Morgan fingerprint density at radius 1 is 1.29 bits per heavy atom. The first-order chi connectivity index (χ1) is 11.5. The van der Waals surface area contributed by atoms with Gasteiger partial charge in [0.25, 0.3) is 5.56 Å². The Bertz CT molecular complexity index is 951. The number of nitrogens with one attached hydrogen (secondary N) is 1. The molecule has 1 N–H and O–H groups in total. The molecule has 0 aliphatic rings. The number of hydrogen-bond acceptors (Lipinski definition) is 5. The first-order valence-corrected chi connectivity index (χ1v) is 7.87. The van der Waals surface area contributed by atoms with Crippen molar-refractivity contribution in [1.29, 1.82) is 0 Å². The fourth-order valence-corrected chi connectivity index (χ4v) is 2.67. The topological polar surface area (TPSA) is 63.1 Å². The Hall–Kier alpha value is -2.60. The molecule has 0 fully saturated rings. The maximum absolute atomic E-state index is 11.9. The average molecular weight is 344 g/mol. The third-order valence-corrected chi connectivity index (χ3v) is 4.16. The molecule has 7 heteroatoms. The van der Waals surface area contributed by atoms with E-state index in [-0.39, 0.29) is 10.6 Å². The van der Waals surface area contributed by atoms with E-state index in [0.29, 0.717) is 12.2 Å². The van der Waals surface area contributed by atoms with E-state index in [4.69, 9.17) is 11.6 Å². The molecule has 24 heavy (non-hydrogen) atoms. The summed E-state index contributed by atoms with van der Waals surface area (Å²) in [5.41, 5.74) is 2.19. The number of halogens is 1. The molecule has 0 atom stereocenters. The zero-order chi connectivity index (χ0) is 17.3. The molecule has 0 aliphatic heterocycles. The molecule has 2 heterocycles. The highest BCUT2D eigenvalue weighted by atomic mass is 35.5. The zero-order valence-electron chi connectivity index (χ0n) is 13.7. The van der Waals surface area contributed by atoms with Gasteiger partial charge in [-0.15, -0.1) is 0 Å². The summed E-state index contributed by atoms with van der Waals surface area (Å²) < 4.78 is 1.21. The van der Waals surface area contributed by atoms with Crippen molar-refractivity contribution in [2.45, 2.75) is 6.54 Å². The van der Waals surface area contributed by atoms with Crippen LogP contribution in [0.4, 0.5) is 11.5 Å². The predicted molar refractivity (Wildman–Crippen MR) is 97.9 cm³/mol. The van der Waals surface area contributed by atoms with Crippen LogP contribution in [0.3, 0.4) is 0 Å². The predicted octanol–water partition coefficient (Wildman–Crippen LogP) is 2.66. The van der Waals surface area contributed by atoms with Gasteiger partial charge in [-0.2, -0.15) is 5.10 Å². The second-order valence-electron chi connectivity index (χ2n) is 5.71. The van der Waals surface area contributed by atoms with E-state index in [1.807, 2.05) is 49.3 Å². The molecule has 124 valence electrons. The van der Waals surface area contributed by atoms with Gasteiger partial charge >= 0.3 is 0 Å². The van der Waals surface area contributed by atoms with Crippen LogP contribution in [0.25, 0.3) is 10.9 Å². The highest BCUT2D eigenvalue weighted by Gasteiger charge is 2.10. The van der Waals surface area contributed by atoms with E-state index in [1.165, 1.54) is 4.68 Å². The Morgan fingerprint density at radius 3 is 2.79 bits per heavy atom. The Kier molecular flexibility index (Phi) is 4.40. The van der Waals surface area contributed by atoms with Crippen LogP contribution in [-0.4, -0.2) is 28.9 Å². The van der Waals surface area contributed by atoms with Crippen LogP contribution in [0.15, 0.2) is 41.3 Å². The molecule has 0 aliphatic carbocycles. The van der Waals surface area contributed by atoms with Crippen LogP contribution in [0, 0.1) is 0 Å². The Balaban J connectivity index is 1.98. The molecule has 0 saturated heterocycles. The fraction of sp³-hybridized carbons (Fsp3) is 0.235. The summed E-state index contributed by atoms with van der Waals surface area (Å²) in [5, 5.41) is 8.39. The lowest BCUT2D eigenvalue weighted by molar-refractivity contribution is 0.708. The van der Waals surface area contributed by atoms with E-state index >= 15 is 0 Å². The van der Waals surface area contributed by atoms with Gasteiger partial charge in [-0.3, -0.25) is 4.79 Å². The summed E-state index contributed by atoms with van der Waals surface area (Å²) in [6.45, 7) is 0.512. The van der Waals surface area contributed by atoms with Crippen molar-refractivity contribution in [1.82, 2.24) is 14.8 Å². The molecule has 3 aromatic rings. The molecule has 0 unspecified atom stereocenters. The third-order valence-electron chi connectivity index (χ3n) is 3.79. The van der Waals surface area contributed by atoms with Crippen molar-refractivity contribution in [2.75, 3.05) is 24.3 Å². The van der Waals surface area contributed by atoms with Crippen molar-refractivity contribution >= 4 is 34.0 Å². The van der Waals surface area contributed by atoms with Gasteiger partial charge in [0, 0.05) is 33.1 Å². The standard InChI is InChI=1S/C17H18ClN5O/c1-22(2)15-8-11(12-6-4-5-7-13(12)21-15)9-19-14-10-20-23(3)17(24)16(14)18/h4-8,10,19H,9H2,1-3H3. The van der Waals surface area contributed by atoms with Crippen LogP contribution in [0.5, 0.6) is 0 Å². The van der Waals surface area contributed by atoms with Crippen LogP contribution in [0.2, 0.25) is 5.02 Å². The lowest BCUT2D eigenvalue weighted by Gasteiger charge is -2.16. The number of rotatable bonds is 4. The molecule has 6 nitrogen and oxygen atoms in total. The molecule has 0 spiro atoms. The van der Waals surface area contributed by atoms with Crippen molar-refractivity contribution in [2.24, 2.45) is 7.05 Å². The highest BCUT2D eigenvalue weighted by Crippen LogP contribution is 2.24. The summed E-state index contributed by atoms with van der Waals surface area (Å²) in [6.07, 6.45) is 1.56.